The number of hydrogen-bond acceptors (Lipinski definition) is 6. The van der Waals surface area contributed by atoms with E-state index in [1.54, 1.807) is 12.1 Å². The lowest BCUT2D eigenvalue weighted by Crippen LogP contribution is -2.41. The van der Waals surface area contributed by atoms with E-state index < -0.39 is 24.6 Å². The third kappa shape index (κ3) is 4.52. The molecule has 0 saturated carbocycles. The SMILES string of the molecule is COC(O)c1ccc2nc(Cc3ccc(B4OC(C)(C)C(C)(C)O4)c(F)c3)n(C[C@@H]3CCO3)c2c1. The minimum atomic E-state index is -1.01. The number of benzene rings is 2. The van der Waals surface area contributed by atoms with E-state index in [0.717, 1.165) is 35.4 Å². The minimum Gasteiger partial charge on any atom is -0.399 e. The third-order valence-corrected chi connectivity index (χ3v) is 7.47. The number of halogens is 1. The maximum absolute atomic E-state index is 15.2. The molecule has 3 heterocycles. The molecule has 2 saturated heterocycles. The van der Waals surface area contributed by atoms with Gasteiger partial charge in [0.1, 0.15) is 11.6 Å². The number of nitrogens with zero attached hydrogens (tertiary/aromatic N) is 2. The second-order valence-electron chi connectivity index (χ2n) is 10.4. The Bertz CT molecular complexity index is 1220. The van der Waals surface area contributed by atoms with Crippen LogP contribution in [-0.4, -0.2) is 52.8 Å². The van der Waals surface area contributed by atoms with E-state index in [4.69, 9.17) is 23.8 Å². The number of aliphatic hydroxyl groups excluding tert-OH is 1. The fraction of sp³-hybridized carbons (Fsp3) is 0.500. The number of fused-ring (bicyclic) bond motifs is 1. The molecular formula is C26H32BFN2O5. The van der Waals surface area contributed by atoms with Crippen molar-refractivity contribution in [1.82, 2.24) is 9.55 Å². The van der Waals surface area contributed by atoms with Gasteiger partial charge in [0, 0.05) is 31.2 Å². The molecule has 186 valence electrons. The molecule has 2 aromatic carbocycles. The molecule has 1 aromatic heterocycles. The molecule has 2 aliphatic heterocycles. The highest BCUT2D eigenvalue weighted by atomic mass is 19.1. The van der Waals surface area contributed by atoms with Crippen molar-refractivity contribution in [2.75, 3.05) is 13.7 Å². The average Bonchev–Trinajstić information content (AvgIpc) is 3.21. The van der Waals surface area contributed by atoms with E-state index in [1.165, 1.54) is 13.2 Å². The highest BCUT2D eigenvalue weighted by Crippen LogP contribution is 2.36. The molecule has 3 aromatic rings. The second kappa shape index (κ2) is 8.98. The van der Waals surface area contributed by atoms with Gasteiger partial charge in [-0.05, 0) is 57.9 Å². The maximum Gasteiger partial charge on any atom is 0.497 e. The zero-order chi connectivity index (χ0) is 25.0. The van der Waals surface area contributed by atoms with Gasteiger partial charge in [0.2, 0.25) is 0 Å². The molecule has 0 radical (unpaired) electrons. The van der Waals surface area contributed by atoms with Crippen LogP contribution in [0.15, 0.2) is 36.4 Å². The summed E-state index contributed by atoms with van der Waals surface area (Å²) in [7, 11) is 0.710. The first-order chi connectivity index (χ1) is 16.6. The van der Waals surface area contributed by atoms with E-state index in [0.29, 0.717) is 24.0 Å². The Kier molecular flexibility index (Phi) is 6.26. The van der Waals surface area contributed by atoms with Crippen molar-refractivity contribution in [3.05, 3.63) is 59.2 Å². The quantitative estimate of drug-likeness (QED) is 0.411. The first kappa shape index (κ1) is 24.4. The Morgan fingerprint density at radius 2 is 1.89 bits per heavy atom. The van der Waals surface area contributed by atoms with E-state index in [2.05, 4.69) is 4.57 Å². The smallest absolute Gasteiger partial charge is 0.399 e. The number of hydrogen-bond donors (Lipinski definition) is 1. The minimum absolute atomic E-state index is 0.115. The number of ether oxygens (including phenoxy) is 2. The van der Waals surface area contributed by atoms with E-state index >= 15 is 4.39 Å². The summed E-state index contributed by atoms with van der Waals surface area (Å²) < 4.78 is 40.1. The lowest BCUT2D eigenvalue weighted by molar-refractivity contribution is -0.0768. The zero-order valence-corrected chi connectivity index (χ0v) is 20.9. The summed E-state index contributed by atoms with van der Waals surface area (Å²) in [4.78, 5) is 4.83. The standard InChI is InChI=1S/C26H32BFN2O5/c1-25(2)26(3,4)35-27(34-25)19-8-6-16(12-20(19)28)13-23-29-21-9-7-17(24(31)32-5)14-22(21)30(23)15-18-10-11-33-18/h6-9,12,14,18,24,31H,10-11,13,15H2,1-5H3/t18-,24?/m0/s1. The van der Waals surface area contributed by atoms with Crippen LogP contribution >= 0.6 is 0 Å². The van der Waals surface area contributed by atoms with Gasteiger partial charge in [0.15, 0.2) is 6.29 Å². The molecule has 2 fully saturated rings. The molecule has 2 atom stereocenters. The summed E-state index contributed by atoms with van der Waals surface area (Å²) in [5, 5.41) is 10.1. The lowest BCUT2D eigenvalue weighted by atomic mass is 9.78. The monoisotopic (exact) mass is 482 g/mol. The van der Waals surface area contributed by atoms with Crippen molar-refractivity contribution in [2.24, 2.45) is 0 Å². The van der Waals surface area contributed by atoms with Gasteiger partial charge in [-0.3, -0.25) is 0 Å². The number of aliphatic hydroxyl groups is 1. The normalized spacial score (nSPS) is 21.9. The van der Waals surface area contributed by atoms with Gasteiger partial charge in [-0.1, -0.05) is 18.2 Å². The van der Waals surface area contributed by atoms with Crippen LogP contribution in [0.5, 0.6) is 0 Å². The topological polar surface area (TPSA) is 75.0 Å². The van der Waals surface area contributed by atoms with Crippen LogP contribution in [0.4, 0.5) is 4.39 Å². The van der Waals surface area contributed by atoms with Crippen LogP contribution in [0.25, 0.3) is 11.0 Å². The molecule has 1 N–H and O–H groups in total. The second-order valence-corrected chi connectivity index (χ2v) is 10.4. The van der Waals surface area contributed by atoms with Crippen molar-refractivity contribution in [2.45, 2.75) is 70.7 Å². The van der Waals surface area contributed by atoms with Gasteiger partial charge in [-0.15, -0.1) is 0 Å². The summed E-state index contributed by atoms with van der Waals surface area (Å²) in [6, 6.07) is 10.7. The molecule has 1 unspecified atom stereocenters. The van der Waals surface area contributed by atoms with Gasteiger partial charge < -0.3 is 28.5 Å². The van der Waals surface area contributed by atoms with Crippen LogP contribution in [0, 0.1) is 5.82 Å². The van der Waals surface area contributed by atoms with Gasteiger partial charge in [-0.2, -0.15) is 0 Å². The Hall–Kier alpha value is -2.30. The summed E-state index contributed by atoms with van der Waals surface area (Å²) in [5.41, 5.74) is 2.46. The largest absolute Gasteiger partial charge is 0.497 e. The summed E-state index contributed by atoms with van der Waals surface area (Å²) in [6.07, 6.45) is 0.536. The van der Waals surface area contributed by atoms with Crippen LogP contribution in [0.3, 0.4) is 0 Å². The number of methoxy groups -OCH3 is 1. The number of imidazole rings is 1. The molecule has 5 rings (SSSR count). The molecule has 0 amide bonds. The van der Waals surface area contributed by atoms with Crippen LogP contribution < -0.4 is 5.46 Å². The van der Waals surface area contributed by atoms with Gasteiger partial charge >= 0.3 is 7.12 Å². The predicted molar refractivity (Wildman–Crippen MR) is 131 cm³/mol. The first-order valence-electron chi connectivity index (χ1n) is 12.0. The van der Waals surface area contributed by atoms with Crippen molar-refractivity contribution in [3.63, 3.8) is 0 Å². The predicted octanol–water partition coefficient (Wildman–Crippen LogP) is 3.49. The van der Waals surface area contributed by atoms with Crippen molar-refractivity contribution in [3.8, 4) is 0 Å². The van der Waals surface area contributed by atoms with E-state index in [-0.39, 0.29) is 11.9 Å². The van der Waals surface area contributed by atoms with Crippen molar-refractivity contribution < 1.29 is 28.3 Å². The van der Waals surface area contributed by atoms with Crippen LogP contribution in [0.1, 0.15) is 57.4 Å². The average molecular weight is 482 g/mol. The number of rotatable bonds is 7. The van der Waals surface area contributed by atoms with Gasteiger partial charge in [0.25, 0.3) is 0 Å². The third-order valence-electron chi connectivity index (χ3n) is 7.47. The van der Waals surface area contributed by atoms with Gasteiger partial charge in [-0.25, -0.2) is 9.37 Å². The molecule has 0 aliphatic carbocycles. The fourth-order valence-corrected chi connectivity index (χ4v) is 4.47. The van der Waals surface area contributed by atoms with Gasteiger partial charge in [0.05, 0.1) is 34.9 Å². The van der Waals surface area contributed by atoms with Crippen molar-refractivity contribution >= 4 is 23.6 Å². The molecule has 0 spiro atoms. The summed E-state index contributed by atoms with van der Waals surface area (Å²) in [5.74, 6) is 0.443. The Balaban J connectivity index is 1.45. The molecule has 0 bridgehead atoms. The summed E-state index contributed by atoms with van der Waals surface area (Å²) in [6.45, 7) is 9.21. The summed E-state index contributed by atoms with van der Waals surface area (Å²) >= 11 is 0. The fourth-order valence-electron chi connectivity index (χ4n) is 4.47. The molecule has 2 aliphatic rings. The van der Waals surface area contributed by atoms with E-state index in [9.17, 15) is 5.11 Å². The molecule has 9 heteroatoms. The van der Waals surface area contributed by atoms with Crippen LogP contribution in [-0.2, 0) is 31.7 Å². The lowest BCUT2D eigenvalue weighted by Gasteiger charge is -2.32. The Morgan fingerprint density at radius 1 is 1.17 bits per heavy atom. The van der Waals surface area contributed by atoms with E-state index in [1.807, 2.05) is 45.9 Å². The Morgan fingerprint density at radius 3 is 2.49 bits per heavy atom. The highest BCUT2D eigenvalue weighted by Gasteiger charge is 2.52. The highest BCUT2D eigenvalue weighted by molar-refractivity contribution is 6.62. The van der Waals surface area contributed by atoms with Crippen molar-refractivity contribution in [1.29, 1.82) is 0 Å². The number of aromatic nitrogens is 2. The molecule has 35 heavy (non-hydrogen) atoms. The maximum atomic E-state index is 15.2. The van der Waals surface area contributed by atoms with Crippen LogP contribution in [0.2, 0.25) is 0 Å². The molecule has 7 nitrogen and oxygen atoms in total. The Labute approximate surface area is 205 Å². The first-order valence-corrected chi connectivity index (χ1v) is 12.0. The molecular weight excluding hydrogens is 450 g/mol. The zero-order valence-electron chi connectivity index (χ0n) is 20.9.